The highest BCUT2D eigenvalue weighted by Gasteiger charge is 2.10. The number of nitrogens with zero attached hydrogens (tertiary/aromatic N) is 2. The predicted octanol–water partition coefficient (Wildman–Crippen LogP) is 2.70. The van der Waals surface area contributed by atoms with Crippen LogP contribution in [0, 0.1) is 0 Å². The first-order valence-corrected chi connectivity index (χ1v) is 5.13. The zero-order valence-electron chi connectivity index (χ0n) is 8.83. The van der Waals surface area contributed by atoms with Crippen molar-refractivity contribution < 1.29 is 9.21 Å². The fraction of sp³-hybridized carbons (Fsp3) is 0. The standard InChI is InChI=1S/C13H8N2O2/c16-8-9-5-6-17-13(9)12-7-14-10-3-1-2-4-11(10)15-12/h1-8H. The molecule has 82 valence electrons. The van der Waals surface area contributed by atoms with Gasteiger partial charge in [0.1, 0.15) is 5.69 Å². The van der Waals surface area contributed by atoms with Crippen LogP contribution in [0.3, 0.4) is 0 Å². The molecule has 0 spiro atoms. The summed E-state index contributed by atoms with van der Waals surface area (Å²) in [6.07, 6.45) is 3.82. The van der Waals surface area contributed by atoms with Crippen LogP contribution in [0.1, 0.15) is 10.4 Å². The number of furan rings is 1. The number of rotatable bonds is 2. The van der Waals surface area contributed by atoms with Crippen LogP contribution in [0.4, 0.5) is 0 Å². The van der Waals surface area contributed by atoms with E-state index in [4.69, 9.17) is 4.42 Å². The smallest absolute Gasteiger partial charge is 0.164 e. The maximum atomic E-state index is 10.8. The molecule has 0 unspecified atom stereocenters. The quantitative estimate of drug-likeness (QED) is 0.628. The lowest BCUT2D eigenvalue weighted by atomic mass is 10.2. The molecule has 4 nitrogen and oxygen atoms in total. The molecule has 0 saturated carbocycles. The van der Waals surface area contributed by atoms with Crippen molar-refractivity contribution in [3.05, 3.63) is 48.4 Å². The molecule has 0 bridgehead atoms. The van der Waals surface area contributed by atoms with E-state index in [1.165, 1.54) is 6.26 Å². The van der Waals surface area contributed by atoms with Gasteiger partial charge in [-0.3, -0.25) is 9.78 Å². The molecule has 2 heterocycles. The molecule has 17 heavy (non-hydrogen) atoms. The van der Waals surface area contributed by atoms with E-state index in [9.17, 15) is 4.79 Å². The Morgan fingerprint density at radius 1 is 1.12 bits per heavy atom. The van der Waals surface area contributed by atoms with Crippen LogP contribution < -0.4 is 0 Å². The van der Waals surface area contributed by atoms with Gasteiger partial charge in [-0.2, -0.15) is 0 Å². The summed E-state index contributed by atoms with van der Waals surface area (Å²) in [7, 11) is 0. The highest BCUT2D eigenvalue weighted by Crippen LogP contribution is 2.22. The Kier molecular flexibility index (Phi) is 2.19. The van der Waals surface area contributed by atoms with Crippen molar-refractivity contribution in [1.82, 2.24) is 9.97 Å². The number of aromatic nitrogens is 2. The van der Waals surface area contributed by atoms with Crippen LogP contribution in [-0.4, -0.2) is 16.3 Å². The Hall–Kier alpha value is -2.49. The van der Waals surface area contributed by atoms with Gasteiger partial charge in [0.25, 0.3) is 0 Å². The van der Waals surface area contributed by atoms with Crippen LogP contribution in [-0.2, 0) is 0 Å². The minimum atomic E-state index is 0.457. The molecule has 0 aliphatic rings. The second kappa shape index (κ2) is 3.83. The fourth-order valence-electron chi connectivity index (χ4n) is 1.69. The molecule has 0 amide bonds. The average Bonchev–Trinajstić information content (AvgIpc) is 2.86. The summed E-state index contributed by atoms with van der Waals surface area (Å²) in [6.45, 7) is 0. The van der Waals surface area contributed by atoms with Crippen molar-refractivity contribution in [3.63, 3.8) is 0 Å². The first kappa shape index (κ1) is 9.72. The van der Waals surface area contributed by atoms with E-state index in [0.29, 0.717) is 17.0 Å². The van der Waals surface area contributed by atoms with Crippen molar-refractivity contribution in [3.8, 4) is 11.5 Å². The number of fused-ring (bicyclic) bond motifs is 1. The average molecular weight is 224 g/mol. The minimum Gasteiger partial charge on any atom is -0.462 e. The summed E-state index contributed by atoms with van der Waals surface area (Å²) in [4.78, 5) is 19.5. The second-order valence-electron chi connectivity index (χ2n) is 3.57. The first-order chi connectivity index (χ1) is 8.38. The molecule has 0 N–H and O–H groups in total. The number of aldehydes is 1. The summed E-state index contributed by atoms with van der Waals surface area (Å²) in [6, 6.07) is 9.16. The van der Waals surface area contributed by atoms with E-state index in [1.54, 1.807) is 12.3 Å². The number of carbonyl (C=O) groups is 1. The van der Waals surface area contributed by atoms with Gasteiger partial charge in [0.05, 0.1) is 29.1 Å². The van der Waals surface area contributed by atoms with Crippen molar-refractivity contribution in [1.29, 1.82) is 0 Å². The molecule has 0 aliphatic carbocycles. The largest absolute Gasteiger partial charge is 0.462 e. The number of hydrogen-bond acceptors (Lipinski definition) is 4. The highest BCUT2D eigenvalue weighted by atomic mass is 16.3. The highest BCUT2D eigenvalue weighted by molar-refractivity contribution is 5.85. The summed E-state index contributed by atoms with van der Waals surface area (Å²) in [5.74, 6) is 0.457. The van der Waals surface area contributed by atoms with Crippen molar-refractivity contribution in [2.24, 2.45) is 0 Å². The molecule has 0 radical (unpaired) electrons. The van der Waals surface area contributed by atoms with Crippen LogP contribution in [0.2, 0.25) is 0 Å². The van der Waals surface area contributed by atoms with Gasteiger partial charge in [-0.25, -0.2) is 4.98 Å². The maximum Gasteiger partial charge on any atom is 0.164 e. The van der Waals surface area contributed by atoms with Crippen molar-refractivity contribution >= 4 is 17.3 Å². The molecule has 0 aliphatic heterocycles. The van der Waals surface area contributed by atoms with E-state index >= 15 is 0 Å². The van der Waals surface area contributed by atoms with Crippen LogP contribution in [0.5, 0.6) is 0 Å². The molecular weight excluding hydrogens is 216 g/mol. The Bertz CT molecular complexity index is 688. The summed E-state index contributed by atoms with van der Waals surface area (Å²) in [5.41, 5.74) is 2.64. The Morgan fingerprint density at radius 2 is 1.94 bits per heavy atom. The SMILES string of the molecule is O=Cc1ccoc1-c1cnc2ccccc2n1. The maximum absolute atomic E-state index is 10.8. The van der Waals surface area contributed by atoms with E-state index in [1.807, 2.05) is 24.3 Å². The molecule has 0 fully saturated rings. The van der Waals surface area contributed by atoms with Gasteiger partial charge in [-0.15, -0.1) is 0 Å². The van der Waals surface area contributed by atoms with Gasteiger partial charge in [0, 0.05) is 0 Å². The van der Waals surface area contributed by atoms with Crippen LogP contribution >= 0.6 is 0 Å². The zero-order valence-corrected chi connectivity index (χ0v) is 8.83. The summed E-state index contributed by atoms with van der Waals surface area (Å²) >= 11 is 0. The van der Waals surface area contributed by atoms with E-state index in [0.717, 1.165) is 17.3 Å². The van der Waals surface area contributed by atoms with Crippen molar-refractivity contribution in [2.45, 2.75) is 0 Å². The molecule has 0 atom stereocenters. The summed E-state index contributed by atoms with van der Waals surface area (Å²) in [5, 5.41) is 0. The molecule has 3 aromatic rings. The molecule has 1 aromatic carbocycles. The van der Waals surface area contributed by atoms with Gasteiger partial charge in [-0.05, 0) is 18.2 Å². The molecule has 0 saturated heterocycles. The van der Waals surface area contributed by atoms with Crippen molar-refractivity contribution in [2.75, 3.05) is 0 Å². The lowest BCUT2D eigenvalue weighted by Gasteiger charge is -1.99. The monoisotopic (exact) mass is 224 g/mol. The number of carbonyl (C=O) groups excluding carboxylic acids is 1. The third-order valence-electron chi connectivity index (χ3n) is 2.50. The molecule has 2 aromatic heterocycles. The molecule has 3 rings (SSSR count). The first-order valence-electron chi connectivity index (χ1n) is 5.13. The molecule has 4 heteroatoms. The van der Waals surface area contributed by atoms with E-state index < -0.39 is 0 Å². The van der Waals surface area contributed by atoms with E-state index in [-0.39, 0.29) is 0 Å². The van der Waals surface area contributed by atoms with Gasteiger partial charge in [0.2, 0.25) is 0 Å². The van der Waals surface area contributed by atoms with Crippen LogP contribution in [0.15, 0.2) is 47.2 Å². The number of benzene rings is 1. The third kappa shape index (κ3) is 1.59. The lowest BCUT2D eigenvalue weighted by Crippen LogP contribution is -1.89. The fourth-order valence-corrected chi connectivity index (χ4v) is 1.69. The topological polar surface area (TPSA) is 56.0 Å². The Balaban J connectivity index is 2.21. The molecular formula is C13H8N2O2. The second-order valence-corrected chi connectivity index (χ2v) is 3.57. The van der Waals surface area contributed by atoms with E-state index in [2.05, 4.69) is 9.97 Å². The zero-order chi connectivity index (χ0) is 11.7. The minimum absolute atomic E-state index is 0.457. The normalized spacial score (nSPS) is 10.6. The Labute approximate surface area is 96.9 Å². The van der Waals surface area contributed by atoms with Gasteiger partial charge in [0.15, 0.2) is 12.0 Å². The number of para-hydroxylation sites is 2. The van der Waals surface area contributed by atoms with Gasteiger partial charge < -0.3 is 4.42 Å². The number of hydrogen-bond donors (Lipinski definition) is 0. The van der Waals surface area contributed by atoms with Gasteiger partial charge >= 0.3 is 0 Å². The third-order valence-corrected chi connectivity index (χ3v) is 2.50. The summed E-state index contributed by atoms with van der Waals surface area (Å²) < 4.78 is 5.26. The van der Waals surface area contributed by atoms with Gasteiger partial charge in [-0.1, -0.05) is 12.1 Å². The predicted molar refractivity (Wildman–Crippen MR) is 62.6 cm³/mol. The lowest BCUT2D eigenvalue weighted by molar-refractivity contribution is 0.112. The Morgan fingerprint density at radius 3 is 2.76 bits per heavy atom. The van der Waals surface area contributed by atoms with Crippen LogP contribution in [0.25, 0.3) is 22.5 Å².